The van der Waals surface area contributed by atoms with E-state index in [9.17, 15) is 14.3 Å². The third-order valence-corrected chi connectivity index (χ3v) is 3.56. The minimum absolute atomic E-state index is 0.408. The summed E-state index contributed by atoms with van der Waals surface area (Å²) < 4.78 is 14.0. The summed E-state index contributed by atoms with van der Waals surface area (Å²) in [7, 11) is 0. The van der Waals surface area contributed by atoms with E-state index in [1.165, 1.54) is 0 Å². The van der Waals surface area contributed by atoms with Crippen LogP contribution in [-0.2, 0) is 0 Å². The highest BCUT2D eigenvalue weighted by atomic mass is 79.9. The highest BCUT2D eigenvalue weighted by Gasteiger charge is 2.24. The molecule has 0 radical (unpaired) electrons. The monoisotopic (exact) mass is 337 g/mol. The number of alkyl halides is 1. The summed E-state index contributed by atoms with van der Waals surface area (Å²) in [6.07, 6.45) is -2.19. The van der Waals surface area contributed by atoms with Crippen molar-refractivity contribution >= 4 is 21.8 Å². The fourth-order valence-corrected chi connectivity index (χ4v) is 2.37. The van der Waals surface area contributed by atoms with Crippen molar-refractivity contribution in [1.29, 1.82) is 0 Å². The van der Waals surface area contributed by atoms with Crippen LogP contribution in [-0.4, -0.2) is 17.4 Å². The van der Waals surface area contributed by atoms with Crippen LogP contribution in [0.2, 0.25) is 0 Å². The van der Waals surface area contributed by atoms with E-state index in [0.717, 1.165) is 0 Å². The Hall–Kier alpha value is -1.72. The van der Waals surface area contributed by atoms with Crippen molar-refractivity contribution in [1.82, 2.24) is 5.32 Å². The Labute approximate surface area is 124 Å². The van der Waals surface area contributed by atoms with Crippen LogP contribution in [0.25, 0.3) is 0 Å². The highest BCUT2D eigenvalue weighted by molar-refractivity contribution is 9.10. The Bertz CT molecular complexity index is 589. The van der Waals surface area contributed by atoms with Crippen LogP contribution in [0, 0.1) is 0 Å². The zero-order valence-corrected chi connectivity index (χ0v) is 12.0. The van der Waals surface area contributed by atoms with Gasteiger partial charge in [-0.05, 0) is 23.8 Å². The molecule has 0 fully saturated rings. The summed E-state index contributed by atoms with van der Waals surface area (Å²) in [5.41, 5.74) is 0.886. The van der Waals surface area contributed by atoms with Crippen molar-refractivity contribution < 1.29 is 14.3 Å². The largest absolute Gasteiger partial charge is 0.362 e. The molecule has 0 bridgehead atoms. The summed E-state index contributed by atoms with van der Waals surface area (Å²) in [4.78, 5) is 12.0. The van der Waals surface area contributed by atoms with E-state index in [0.29, 0.717) is 15.6 Å². The van der Waals surface area contributed by atoms with Crippen molar-refractivity contribution in [3.05, 3.63) is 70.2 Å². The Morgan fingerprint density at radius 3 is 2.30 bits per heavy atom. The van der Waals surface area contributed by atoms with Crippen molar-refractivity contribution in [3.63, 3.8) is 0 Å². The molecule has 0 aromatic heterocycles. The molecule has 3 nitrogen and oxygen atoms in total. The van der Waals surface area contributed by atoms with Crippen LogP contribution < -0.4 is 5.32 Å². The molecule has 2 N–H and O–H groups in total. The third-order valence-electron chi connectivity index (χ3n) is 2.84. The molecule has 20 heavy (non-hydrogen) atoms. The van der Waals surface area contributed by atoms with Crippen molar-refractivity contribution in [2.75, 3.05) is 0 Å². The van der Waals surface area contributed by atoms with E-state index in [1.807, 2.05) is 0 Å². The first-order valence-electron chi connectivity index (χ1n) is 6.02. The highest BCUT2D eigenvalue weighted by Crippen LogP contribution is 2.26. The van der Waals surface area contributed by atoms with Gasteiger partial charge in [0, 0.05) is 10.0 Å². The molecule has 104 valence electrons. The summed E-state index contributed by atoms with van der Waals surface area (Å²) in [5.74, 6) is -0.442. The quantitative estimate of drug-likeness (QED) is 0.899. The van der Waals surface area contributed by atoms with Gasteiger partial charge < -0.3 is 10.4 Å². The molecule has 2 atom stereocenters. The standard InChI is InChI=1S/C15H13BrFNO2/c16-12-9-5-4-8-11(12)13(14(17)19)18-15(20)10-6-2-1-3-7-10/h1-9,13-14,19H,(H,18,20)/t13-,14+/m0/s1. The van der Waals surface area contributed by atoms with Gasteiger partial charge in [-0.2, -0.15) is 0 Å². The SMILES string of the molecule is O=C(N[C@@H](c1ccccc1Br)[C@@H](O)F)c1ccccc1. The lowest BCUT2D eigenvalue weighted by atomic mass is 10.1. The van der Waals surface area contributed by atoms with E-state index in [1.54, 1.807) is 54.6 Å². The first kappa shape index (κ1) is 14.7. The second kappa shape index (κ2) is 6.63. The van der Waals surface area contributed by atoms with Crippen LogP contribution in [0.15, 0.2) is 59.1 Å². The number of benzene rings is 2. The van der Waals surface area contributed by atoms with E-state index >= 15 is 0 Å². The first-order valence-corrected chi connectivity index (χ1v) is 6.81. The average Bonchev–Trinajstić information content (AvgIpc) is 2.46. The predicted octanol–water partition coefficient (Wildman–Crippen LogP) is 3.21. The van der Waals surface area contributed by atoms with Gasteiger partial charge in [0.25, 0.3) is 5.91 Å². The molecule has 0 aliphatic carbocycles. The minimum Gasteiger partial charge on any atom is -0.362 e. The van der Waals surface area contributed by atoms with Crippen LogP contribution in [0.1, 0.15) is 22.0 Å². The molecule has 2 aromatic carbocycles. The normalized spacial score (nSPS) is 13.6. The number of rotatable bonds is 4. The molecule has 0 aliphatic heterocycles. The number of carbonyl (C=O) groups excluding carboxylic acids is 1. The molecule has 0 heterocycles. The Morgan fingerprint density at radius 2 is 1.70 bits per heavy atom. The fourth-order valence-electron chi connectivity index (χ4n) is 1.84. The molecule has 0 aliphatic rings. The number of amides is 1. The maximum atomic E-state index is 13.4. The first-order chi connectivity index (χ1) is 9.59. The number of aliphatic hydroxyl groups is 1. The Kier molecular flexibility index (Phi) is 4.87. The average molecular weight is 338 g/mol. The number of nitrogens with one attached hydrogen (secondary N) is 1. The second-order valence-corrected chi connectivity index (χ2v) is 5.07. The molecule has 1 amide bonds. The molecule has 0 unspecified atom stereocenters. The van der Waals surface area contributed by atoms with Gasteiger partial charge in [0.05, 0.1) is 0 Å². The van der Waals surface area contributed by atoms with E-state index < -0.39 is 18.3 Å². The van der Waals surface area contributed by atoms with Gasteiger partial charge in [0.15, 0.2) is 0 Å². The van der Waals surface area contributed by atoms with Crippen molar-refractivity contribution in [3.8, 4) is 0 Å². The number of aliphatic hydroxyl groups excluding tert-OH is 1. The fraction of sp³-hybridized carbons (Fsp3) is 0.133. The molecule has 5 heteroatoms. The molecule has 2 aromatic rings. The molecule has 0 saturated carbocycles. The van der Waals surface area contributed by atoms with Gasteiger partial charge in [-0.15, -0.1) is 0 Å². The maximum absolute atomic E-state index is 13.4. The molecule has 0 saturated heterocycles. The van der Waals surface area contributed by atoms with Gasteiger partial charge in [0.1, 0.15) is 6.04 Å². The maximum Gasteiger partial charge on any atom is 0.251 e. The number of hydrogen-bond acceptors (Lipinski definition) is 2. The summed E-state index contributed by atoms with van der Waals surface area (Å²) in [6.45, 7) is 0. The lowest BCUT2D eigenvalue weighted by Gasteiger charge is -2.20. The summed E-state index contributed by atoms with van der Waals surface area (Å²) in [6, 6.07) is 14.2. The van der Waals surface area contributed by atoms with Gasteiger partial charge in [0.2, 0.25) is 6.36 Å². The topological polar surface area (TPSA) is 49.3 Å². The van der Waals surface area contributed by atoms with E-state index in [4.69, 9.17) is 0 Å². The lowest BCUT2D eigenvalue weighted by Crippen LogP contribution is -2.34. The van der Waals surface area contributed by atoms with Gasteiger partial charge in [-0.3, -0.25) is 4.79 Å². The van der Waals surface area contributed by atoms with Crippen LogP contribution in [0.3, 0.4) is 0 Å². The van der Waals surface area contributed by atoms with Crippen molar-refractivity contribution in [2.24, 2.45) is 0 Å². The van der Waals surface area contributed by atoms with Crippen LogP contribution in [0.4, 0.5) is 4.39 Å². The third kappa shape index (κ3) is 3.43. The predicted molar refractivity (Wildman–Crippen MR) is 77.9 cm³/mol. The second-order valence-electron chi connectivity index (χ2n) is 4.21. The van der Waals surface area contributed by atoms with E-state index in [-0.39, 0.29) is 0 Å². The van der Waals surface area contributed by atoms with Crippen molar-refractivity contribution in [2.45, 2.75) is 12.4 Å². The zero-order chi connectivity index (χ0) is 14.5. The molecular formula is C15H13BrFNO2. The number of carbonyl (C=O) groups is 1. The van der Waals surface area contributed by atoms with Gasteiger partial charge in [-0.1, -0.05) is 52.3 Å². The lowest BCUT2D eigenvalue weighted by molar-refractivity contribution is 0.00618. The summed E-state index contributed by atoms with van der Waals surface area (Å²) in [5, 5.41) is 11.8. The van der Waals surface area contributed by atoms with Crippen LogP contribution in [0.5, 0.6) is 0 Å². The Morgan fingerprint density at radius 1 is 1.10 bits per heavy atom. The summed E-state index contributed by atoms with van der Waals surface area (Å²) >= 11 is 3.28. The Balaban J connectivity index is 2.23. The smallest absolute Gasteiger partial charge is 0.251 e. The minimum atomic E-state index is -2.19. The van der Waals surface area contributed by atoms with Gasteiger partial charge in [-0.25, -0.2) is 4.39 Å². The zero-order valence-electron chi connectivity index (χ0n) is 10.5. The van der Waals surface area contributed by atoms with E-state index in [2.05, 4.69) is 21.2 Å². The number of halogens is 2. The van der Waals surface area contributed by atoms with Gasteiger partial charge >= 0.3 is 0 Å². The molecule has 0 spiro atoms. The van der Waals surface area contributed by atoms with Crippen LogP contribution >= 0.6 is 15.9 Å². The molecule has 2 rings (SSSR count). The molecular weight excluding hydrogens is 325 g/mol. The number of hydrogen-bond donors (Lipinski definition) is 2.